The Balaban J connectivity index is 1.72. The van der Waals surface area contributed by atoms with Crippen LogP contribution in [0, 0.1) is 13.8 Å². The van der Waals surface area contributed by atoms with Crippen LogP contribution in [0.1, 0.15) is 45.6 Å². The second-order valence-corrected chi connectivity index (χ2v) is 6.67. The average molecular weight is 355 g/mol. The Morgan fingerprint density at radius 1 is 1.31 bits per heavy atom. The van der Waals surface area contributed by atoms with Gasteiger partial charge in [-0.15, -0.1) is 0 Å². The number of carbonyl (C=O) groups excluding carboxylic acids is 2. The molecular weight excluding hydrogens is 330 g/mol. The first-order valence-electron chi connectivity index (χ1n) is 8.99. The maximum absolute atomic E-state index is 12.8. The Labute approximate surface area is 153 Å². The topological polar surface area (TPSA) is 74.6 Å². The van der Waals surface area contributed by atoms with E-state index < -0.39 is 0 Å². The second kappa shape index (κ2) is 7.74. The van der Waals surface area contributed by atoms with Gasteiger partial charge in [-0.1, -0.05) is 13.0 Å². The van der Waals surface area contributed by atoms with E-state index in [4.69, 9.17) is 4.42 Å². The van der Waals surface area contributed by atoms with Gasteiger partial charge in [-0.05, 0) is 44.5 Å². The van der Waals surface area contributed by atoms with Gasteiger partial charge in [0.05, 0.1) is 5.56 Å². The van der Waals surface area contributed by atoms with Crippen molar-refractivity contribution in [3.63, 3.8) is 0 Å². The summed E-state index contributed by atoms with van der Waals surface area (Å²) in [6, 6.07) is 9.13. The highest BCUT2D eigenvalue weighted by Crippen LogP contribution is 2.18. The minimum Gasteiger partial charge on any atom is -0.466 e. The van der Waals surface area contributed by atoms with E-state index in [1.165, 1.54) is 0 Å². The summed E-state index contributed by atoms with van der Waals surface area (Å²) in [4.78, 5) is 27.1. The molecule has 2 N–H and O–H groups in total. The molecule has 1 aliphatic heterocycles. The zero-order valence-corrected chi connectivity index (χ0v) is 15.5. The lowest BCUT2D eigenvalue weighted by molar-refractivity contribution is 0.0701. The lowest BCUT2D eigenvalue weighted by atomic mass is 10.1. The molecule has 1 aromatic heterocycles. The van der Waals surface area contributed by atoms with Gasteiger partial charge >= 0.3 is 0 Å². The van der Waals surface area contributed by atoms with E-state index in [0.717, 1.165) is 13.0 Å². The van der Waals surface area contributed by atoms with Crippen molar-refractivity contribution in [2.75, 3.05) is 25.0 Å². The number of benzene rings is 1. The van der Waals surface area contributed by atoms with Crippen LogP contribution >= 0.6 is 0 Å². The molecule has 2 heterocycles. The van der Waals surface area contributed by atoms with Crippen LogP contribution in [0.15, 0.2) is 34.7 Å². The molecule has 0 unspecified atom stereocenters. The van der Waals surface area contributed by atoms with Crippen molar-refractivity contribution >= 4 is 17.5 Å². The summed E-state index contributed by atoms with van der Waals surface area (Å²) < 4.78 is 5.41. The van der Waals surface area contributed by atoms with Gasteiger partial charge in [0.15, 0.2) is 0 Å². The quantitative estimate of drug-likeness (QED) is 0.884. The molecule has 1 saturated heterocycles. The molecule has 6 nitrogen and oxygen atoms in total. The first-order chi connectivity index (χ1) is 12.5. The summed E-state index contributed by atoms with van der Waals surface area (Å²) in [6.07, 6.45) is 0.989. The summed E-state index contributed by atoms with van der Waals surface area (Å²) in [7, 11) is 0. The summed E-state index contributed by atoms with van der Waals surface area (Å²) in [5.74, 6) is 1.04. The van der Waals surface area contributed by atoms with Gasteiger partial charge in [-0.3, -0.25) is 9.59 Å². The molecule has 1 aliphatic rings. The van der Waals surface area contributed by atoms with E-state index in [9.17, 15) is 9.59 Å². The SMILES string of the molecule is CC[C@H]1CN(C(=O)c2cccc(NC(=O)c3cc(C)oc3C)c2)CCN1. The summed E-state index contributed by atoms with van der Waals surface area (Å²) in [5, 5.41) is 6.26. The normalized spacial score (nSPS) is 17.2. The number of nitrogens with zero attached hydrogens (tertiary/aromatic N) is 1. The van der Waals surface area contributed by atoms with Crippen molar-refractivity contribution in [2.24, 2.45) is 0 Å². The average Bonchev–Trinajstić information content (AvgIpc) is 2.99. The Bertz CT molecular complexity index is 812. The molecule has 6 heteroatoms. The van der Waals surface area contributed by atoms with Gasteiger partial charge in [-0.25, -0.2) is 0 Å². The zero-order chi connectivity index (χ0) is 18.7. The standard InChI is InChI=1S/C20H25N3O3/c1-4-16-12-23(9-8-21-16)20(25)15-6-5-7-17(11-15)22-19(24)18-10-13(2)26-14(18)3/h5-7,10-11,16,21H,4,8-9,12H2,1-3H3,(H,22,24)/t16-/m0/s1. The van der Waals surface area contributed by atoms with E-state index in [-0.39, 0.29) is 11.8 Å². The molecule has 1 aromatic carbocycles. The largest absolute Gasteiger partial charge is 0.466 e. The van der Waals surface area contributed by atoms with Crippen molar-refractivity contribution in [1.82, 2.24) is 10.2 Å². The van der Waals surface area contributed by atoms with Crippen molar-refractivity contribution in [3.8, 4) is 0 Å². The lowest BCUT2D eigenvalue weighted by Gasteiger charge is -2.33. The van der Waals surface area contributed by atoms with E-state index >= 15 is 0 Å². The van der Waals surface area contributed by atoms with E-state index in [2.05, 4.69) is 17.6 Å². The molecule has 0 saturated carbocycles. The van der Waals surface area contributed by atoms with Crippen LogP contribution in [0.4, 0.5) is 5.69 Å². The molecule has 138 valence electrons. The number of hydrogen-bond donors (Lipinski definition) is 2. The number of nitrogens with one attached hydrogen (secondary N) is 2. The predicted octanol–water partition coefficient (Wildman–Crippen LogP) is 2.97. The maximum Gasteiger partial charge on any atom is 0.259 e. The minimum atomic E-state index is -0.239. The maximum atomic E-state index is 12.8. The third-order valence-corrected chi connectivity index (χ3v) is 4.69. The number of anilines is 1. The number of carbonyl (C=O) groups is 2. The van der Waals surface area contributed by atoms with Gasteiger partial charge in [0, 0.05) is 36.9 Å². The van der Waals surface area contributed by atoms with E-state index in [1.54, 1.807) is 44.2 Å². The molecule has 2 aromatic rings. The van der Waals surface area contributed by atoms with Gasteiger partial charge in [0.1, 0.15) is 11.5 Å². The Morgan fingerprint density at radius 3 is 2.81 bits per heavy atom. The first-order valence-corrected chi connectivity index (χ1v) is 8.99. The van der Waals surface area contributed by atoms with Crippen LogP contribution < -0.4 is 10.6 Å². The van der Waals surface area contributed by atoms with Gasteiger partial charge in [0.2, 0.25) is 0 Å². The number of furan rings is 1. The van der Waals surface area contributed by atoms with Crippen LogP contribution in [-0.4, -0.2) is 42.4 Å². The summed E-state index contributed by atoms with van der Waals surface area (Å²) in [6.45, 7) is 7.89. The molecule has 0 bridgehead atoms. The number of amides is 2. The van der Waals surface area contributed by atoms with Crippen LogP contribution in [0.25, 0.3) is 0 Å². The van der Waals surface area contributed by atoms with Crippen molar-refractivity contribution in [1.29, 1.82) is 0 Å². The Hall–Kier alpha value is -2.60. The van der Waals surface area contributed by atoms with Crippen LogP contribution in [0.5, 0.6) is 0 Å². The highest BCUT2D eigenvalue weighted by molar-refractivity contribution is 6.05. The zero-order valence-electron chi connectivity index (χ0n) is 15.5. The number of rotatable bonds is 4. The fraction of sp³-hybridized carbons (Fsp3) is 0.400. The molecule has 0 spiro atoms. The molecule has 3 rings (SSSR count). The van der Waals surface area contributed by atoms with Gasteiger partial charge < -0.3 is 20.0 Å². The monoisotopic (exact) mass is 355 g/mol. The van der Waals surface area contributed by atoms with E-state index in [1.807, 2.05) is 4.90 Å². The van der Waals surface area contributed by atoms with Crippen LogP contribution in [-0.2, 0) is 0 Å². The highest BCUT2D eigenvalue weighted by Gasteiger charge is 2.23. The third-order valence-electron chi connectivity index (χ3n) is 4.69. The number of hydrogen-bond acceptors (Lipinski definition) is 4. The Kier molecular flexibility index (Phi) is 5.42. The van der Waals surface area contributed by atoms with Crippen molar-refractivity contribution in [3.05, 3.63) is 53.0 Å². The molecule has 0 radical (unpaired) electrons. The van der Waals surface area contributed by atoms with Crippen LogP contribution in [0.2, 0.25) is 0 Å². The molecule has 1 atom stereocenters. The highest BCUT2D eigenvalue weighted by atomic mass is 16.3. The molecule has 2 amide bonds. The first kappa shape index (κ1) is 18.2. The second-order valence-electron chi connectivity index (χ2n) is 6.67. The smallest absolute Gasteiger partial charge is 0.259 e. The predicted molar refractivity (Wildman–Crippen MR) is 101 cm³/mol. The van der Waals surface area contributed by atoms with E-state index in [0.29, 0.717) is 47.5 Å². The number of piperazine rings is 1. The van der Waals surface area contributed by atoms with Gasteiger partial charge in [-0.2, -0.15) is 0 Å². The minimum absolute atomic E-state index is 0.00335. The van der Waals surface area contributed by atoms with Crippen molar-refractivity contribution in [2.45, 2.75) is 33.2 Å². The van der Waals surface area contributed by atoms with Gasteiger partial charge in [0.25, 0.3) is 11.8 Å². The fourth-order valence-electron chi connectivity index (χ4n) is 3.25. The molecule has 26 heavy (non-hydrogen) atoms. The van der Waals surface area contributed by atoms with Crippen molar-refractivity contribution < 1.29 is 14.0 Å². The summed E-state index contributed by atoms with van der Waals surface area (Å²) >= 11 is 0. The van der Waals surface area contributed by atoms with Crippen LogP contribution in [0.3, 0.4) is 0 Å². The molecule has 0 aliphatic carbocycles. The lowest BCUT2D eigenvalue weighted by Crippen LogP contribution is -2.52. The molecule has 1 fully saturated rings. The Morgan fingerprint density at radius 2 is 2.12 bits per heavy atom. The summed E-state index contributed by atoms with van der Waals surface area (Å²) in [5.41, 5.74) is 1.69. The number of aryl methyl sites for hydroxylation is 2. The third kappa shape index (κ3) is 3.96. The molecular formula is C20H25N3O3. The fourth-order valence-corrected chi connectivity index (χ4v) is 3.25.